The van der Waals surface area contributed by atoms with Crippen LogP contribution in [0.3, 0.4) is 0 Å². The standard InChI is InChI=1S/C26H42O7/c1-19(27)21-7-3-5-9-23(13-11-21)25(29)32-17-15-31-16-18-33-26(30)24-10-6-4-8-22(12-14-24)20(2)28/h21-24H,3-18H2,1-2H3/t21-,22+,23+,24-. The minimum absolute atomic E-state index is 0.0737. The van der Waals surface area contributed by atoms with Gasteiger partial charge >= 0.3 is 11.9 Å². The van der Waals surface area contributed by atoms with Crippen molar-refractivity contribution in [3.63, 3.8) is 0 Å². The molecule has 0 amide bonds. The number of carbonyl (C=O) groups excluding carboxylic acids is 4. The second-order valence-corrected chi connectivity index (χ2v) is 9.68. The Morgan fingerprint density at radius 3 is 1.21 bits per heavy atom. The van der Waals surface area contributed by atoms with Crippen LogP contribution in [0.5, 0.6) is 0 Å². The van der Waals surface area contributed by atoms with Crippen molar-refractivity contribution in [3.05, 3.63) is 0 Å². The van der Waals surface area contributed by atoms with Gasteiger partial charge in [-0.2, -0.15) is 0 Å². The Balaban J connectivity index is 1.56. The van der Waals surface area contributed by atoms with E-state index in [0.717, 1.165) is 64.2 Å². The Bertz CT molecular complexity index is 591. The first-order chi connectivity index (χ1) is 15.9. The van der Waals surface area contributed by atoms with Crippen LogP contribution in [0, 0.1) is 23.7 Å². The highest BCUT2D eigenvalue weighted by molar-refractivity contribution is 5.79. The Hall–Kier alpha value is -1.76. The highest BCUT2D eigenvalue weighted by Crippen LogP contribution is 2.28. The van der Waals surface area contributed by atoms with Crippen LogP contribution in [0.2, 0.25) is 0 Å². The Morgan fingerprint density at radius 2 is 0.848 bits per heavy atom. The van der Waals surface area contributed by atoms with Gasteiger partial charge in [0.1, 0.15) is 24.8 Å². The van der Waals surface area contributed by atoms with E-state index >= 15 is 0 Å². The van der Waals surface area contributed by atoms with Gasteiger partial charge < -0.3 is 14.2 Å². The molecule has 0 aromatic heterocycles. The van der Waals surface area contributed by atoms with Crippen LogP contribution in [0.4, 0.5) is 0 Å². The summed E-state index contributed by atoms with van der Waals surface area (Å²) in [5, 5.41) is 0. The maximum Gasteiger partial charge on any atom is 0.309 e. The van der Waals surface area contributed by atoms with Crippen LogP contribution in [0.25, 0.3) is 0 Å². The summed E-state index contributed by atoms with van der Waals surface area (Å²) in [6, 6.07) is 0. The van der Waals surface area contributed by atoms with Gasteiger partial charge in [-0.05, 0) is 65.2 Å². The maximum absolute atomic E-state index is 12.4. The minimum Gasteiger partial charge on any atom is -0.463 e. The van der Waals surface area contributed by atoms with Gasteiger partial charge in [-0.15, -0.1) is 0 Å². The fourth-order valence-corrected chi connectivity index (χ4v) is 4.97. The normalized spacial score (nSPS) is 26.7. The van der Waals surface area contributed by atoms with E-state index in [1.807, 2.05) is 0 Å². The molecule has 4 atom stereocenters. The Morgan fingerprint density at radius 1 is 0.515 bits per heavy atom. The summed E-state index contributed by atoms with van der Waals surface area (Å²) in [6.45, 7) is 4.14. The van der Waals surface area contributed by atoms with E-state index in [-0.39, 0.29) is 73.6 Å². The molecule has 0 heterocycles. The predicted molar refractivity (Wildman–Crippen MR) is 123 cm³/mol. The van der Waals surface area contributed by atoms with Crippen molar-refractivity contribution >= 4 is 23.5 Å². The average Bonchev–Trinajstić information content (AvgIpc) is 2.72. The zero-order valence-electron chi connectivity index (χ0n) is 20.5. The van der Waals surface area contributed by atoms with Crippen molar-refractivity contribution in [3.8, 4) is 0 Å². The first-order valence-corrected chi connectivity index (χ1v) is 12.8. The van der Waals surface area contributed by atoms with Crippen LogP contribution in [0.1, 0.15) is 90.9 Å². The third kappa shape index (κ3) is 10.4. The molecule has 188 valence electrons. The molecule has 2 saturated carbocycles. The molecular formula is C26H42O7. The molecule has 2 rings (SSSR count). The molecule has 7 nitrogen and oxygen atoms in total. The summed E-state index contributed by atoms with van der Waals surface area (Å²) in [4.78, 5) is 48.0. The van der Waals surface area contributed by atoms with Crippen molar-refractivity contribution in [1.82, 2.24) is 0 Å². The third-order valence-electron chi connectivity index (χ3n) is 7.20. The molecule has 7 heteroatoms. The maximum atomic E-state index is 12.4. The number of carbonyl (C=O) groups is 4. The number of hydrogen-bond donors (Lipinski definition) is 0. The number of ether oxygens (including phenoxy) is 3. The van der Waals surface area contributed by atoms with Gasteiger partial charge in [0, 0.05) is 11.8 Å². The van der Waals surface area contributed by atoms with E-state index in [4.69, 9.17) is 14.2 Å². The fourth-order valence-electron chi connectivity index (χ4n) is 4.97. The van der Waals surface area contributed by atoms with E-state index in [0.29, 0.717) is 12.8 Å². The summed E-state index contributed by atoms with van der Waals surface area (Å²) in [5.41, 5.74) is 0. The molecular weight excluding hydrogens is 424 g/mol. The number of esters is 2. The highest BCUT2D eigenvalue weighted by Gasteiger charge is 2.26. The summed E-state index contributed by atoms with van der Waals surface area (Å²) < 4.78 is 16.2. The number of Topliss-reactive ketones (excluding diaryl/α,β-unsaturated/α-hetero) is 2. The first-order valence-electron chi connectivity index (χ1n) is 12.8. The van der Waals surface area contributed by atoms with Crippen LogP contribution in [-0.4, -0.2) is 49.9 Å². The Labute approximate surface area is 198 Å². The van der Waals surface area contributed by atoms with E-state index in [1.165, 1.54) is 0 Å². The monoisotopic (exact) mass is 466 g/mol. The number of rotatable bonds is 10. The molecule has 0 saturated heterocycles. The summed E-state index contributed by atoms with van der Waals surface area (Å²) >= 11 is 0. The number of hydrogen-bond acceptors (Lipinski definition) is 7. The van der Waals surface area contributed by atoms with Crippen LogP contribution in [0.15, 0.2) is 0 Å². The van der Waals surface area contributed by atoms with Crippen molar-refractivity contribution < 1.29 is 33.4 Å². The van der Waals surface area contributed by atoms with Gasteiger partial charge in [-0.3, -0.25) is 19.2 Å². The molecule has 0 radical (unpaired) electrons. The molecule has 0 unspecified atom stereocenters. The first kappa shape index (κ1) is 27.5. The van der Waals surface area contributed by atoms with Crippen LogP contribution < -0.4 is 0 Å². The minimum atomic E-state index is -0.206. The molecule has 0 aromatic carbocycles. The second-order valence-electron chi connectivity index (χ2n) is 9.68. The van der Waals surface area contributed by atoms with Crippen LogP contribution in [-0.2, 0) is 33.4 Å². The summed E-state index contributed by atoms with van der Waals surface area (Å²) in [6.07, 6.45) is 10.3. The zero-order valence-corrected chi connectivity index (χ0v) is 20.5. The molecule has 0 aromatic rings. The van der Waals surface area contributed by atoms with Gasteiger partial charge in [-0.1, -0.05) is 25.7 Å². The van der Waals surface area contributed by atoms with Gasteiger partial charge in [-0.25, -0.2) is 0 Å². The van der Waals surface area contributed by atoms with Crippen molar-refractivity contribution in [2.75, 3.05) is 26.4 Å². The smallest absolute Gasteiger partial charge is 0.309 e. The largest absolute Gasteiger partial charge is 0.463 e. The van der Waals surface area contributed by atoms with Gasteiger partial charge in [0.2, 0.25) is 0 Å². The van der Waals surface area contributed by atoms with E-state index in [2.05, 4.69) is 0 Å². The SMILES string of the molecule is CC(=O)[C@@H]1CCCC[C@H](C(=O)OCCOCCOC(=O)[C@@H]2CCCC[C@H](C(C)=O)CC2)CC1. The highest BCUT2D eigenvalue weighted by atomic mass is 16.6. The van der Waals surface area contributed by atoms with E-state index < -0.39 is 0 Å². The van der Waals surface area contributed by atoms with Crippen molar-refractivity contribution in [2.45, 2.75) is 90.9 Å². The predicted octanol–water partition coefficient (Wildman–Crippen LogP) is 4.44. The average molecular weight is 467 g/mol. The van der Waals surface area contributed by atoms with Gasteiger partial charge in [0.15, 0.2) is 0 Å². The molecule has 0 spiro atoms. The zero-order chi connectivity index (χ0) is 24.1. The summed E-state index contributed by atoms with van der Waals surface area (Å²) in [7, 11) is 0. The lowest BCUT2D eigenvalue weighted by atomic mass is 9.84. The summed E-state index contributed by atoms with van der Waals surface area (Å²) in [5.74, 6) is -0.112. The lowest BCUT2D eigenvalue weighted by Crippen LogP contribution is -2.25. The molecule has 2 fully saturated rings. The molecule has 0 bridgehead atoms. The molecule has 33 heavy (non-hydrogen) atoms. The lowest BCUT2D eigenvalue weighted by molar-refractivity contribution is -0.152. The molecule has 2 aliphatic carbocycles. The second kappa shape index (κ2) is 15.2. The van der Waals surface area contributed by atoms with Gasteiger partial charge in [0.25, 0.3) is 0 Å². The van der Waals surface area contributed by atoms with E-state index in [9.17, 15) is 19.2 Å². The molecule has 0 N–H and O–H groups in total. The lowest BCUT2D eigenvalue weighted by Gasteiger charge is -2.22. The number of ketones is 2. The quantitative estimate of drug-likeness (QED) is 0.347. The third-order valence-corrected chi connectivity index (χ3v) is 7.20. The molecule has 0 aliphatic heterocycles. The van der Waals surface area contributed by atoms with E-state index in [1.54, 1.807) is 13.8 Å². The topological polar surface area (TPSA) is 96.0 Å². The van der Waals surface area contributed by atoms with Crippen LogP contribution >= 0.6 is 0 Å². The van der Waals surface area contributed by atoms with Crippen molar-refractivity contribution in [1.29, 1.82) is 0 Å². The Kier molecular flexibility index (Phi) is 12.7. The van der Waals surface area contributed by atoms with Gasteiger partial charge in [0.05, 0.1) is 25.0 Å². The fraction of sp³-hybridized carbons (Fsp3) is 0.846. The molecule has 2 aliphatic rings. The van der Waals surface area contributed by atoms with Crippen molar-refractivity contribution in [2.24, 2.45) is 23.7 Å².